The quantitative estimate of drug-likeness (QED) is 0.881. The van der Waals surface area contributed by atoms with E-state index >= 15 is 0 Å². The normalized spacial score (nSPS) is 10.6. The van der Waals surface area contributed by atoms with Gasteiger partial charge in [0.25, 0.3) is 0 Å². The molecule has 2 rings (SSSR count). The van der Waals surface area contributed by atoms with Gasteiger partial charge in [0.05, 0.1) is 17.3 Å². The summed E-state index contributed by atoms with van der Waals surface area (Å²) in [5.41, 5.74) is 6.74. The molecule has 0 fully saturated rings. The lowest BCUT2D eigenvalue weighted by Gasteiger charge is -2.30. The van der Waals surface area contributed by atoms with E-state index in [0.717, 1.165) is 18.4 Å². The smallest absolute Gasteiger partial charge is 0.235 e. The van der Waals surface area contributed by atoms with Gasteiger partial charge in [0.2, 0.25) is 5.91 Å². The maximum atomic E-state index is 12.8. The maximum Gasteiger partial charge on any atom is 0.235 e. The Kier molecular flexibility index (Phi) is 6.38. The molecule has 0 bridgehead atoms. The molecule has 1 heterocycles. The van der Waals surface area contributed by atoms with E-state index in [1.54, 1.807) is 18.3 Å². The minimum atomic E-state index is -0.525. The summed E-state index contributed by atoms with van der Waals surface area (Å²) in [4.78, 5) is 16.8. The van der Waals surface area contributed by atoms with E-state index in [4.69, 9.17) is 5.73 Å². The average Bonchev–Trinajstić information content (AvgIpc) is 2.52. The molecule has 0 aliphatic carbocycles. The first-order valence-electron chi connectivity index (χ1n) is 7.21. The first-order chi connectivity index (χ1) is 10.1. The number of pyridine rings is 1. The molecule has 1 aromatic heterocycles. The maximum absolute atomic E-state index is 12.8. The molecule has 1 aromatic carbocycles. The van der Waals surface area contributed by atoms with Gasteiger partial charge in [0.15, 0.2) is 0 Å². The molecular formula is C17H22ClN3O. The van der Waals surface area contributed by atoms with E-state index in [9.17, 15) is 4.79 Å². The van der Waals surface area contributed by atoms with Gasteiger partial charge in [-0.15, -0.1) is 12.4 Å². The molecule has 0 aliphatic heterocycles. The van der Waals surface area contributed by atoms with E-state index in [-0.39, 0.29) is 18.3 Å². The highest BCUT2D eigenvalue weighted by Crippen LogP contribution is 2.33. The van der Waals surface area contributed by atoms with Crippen LogP contribution in [0.25, 0.3) is 0 Å². The van der Waals surface area contributed by atoms with Gasteiger partial charge in [0.1, 0.15) is 5.82 Å². The van der Waals surface area contributed by atoms with Crippen molar-refractivity contribution < 1.29 is 4.79 Å². The highest BCUT2D eigenvalue weighted by Gasteiger charge is 2.36. The van der Waals surface area contributed by atoms with Gasteiger partial charge in [-0.2, -0.15) is 0 Å². The van der Waals surface area contributed by atoms with Crippen LogP contribution in [0.2, 0.25) is 0 Å². The highest BCUT2D eigenvalue weighted by molar-refractivity contribution is 5.99. The molecule has 0 atom stereocenters. The number of nitrogen functional groups attached to an aromatic ring is 1. The zero-order chi connectivity index (χ0) is 15.3. The second-order valence-electron chi connectivity index (χ2n) is 5.08. The zero-order valence-corrected chi connectivity index (χ0v) is 13.7. The standard InChI is InChI=1S/C17H21N3O.ClH/c1-3-17(4-2,13-8-6-5-7-9-13)16(21)20-14-10-11-15(18)19-12-14;/h5-12H,3-4H2,1-2H3,(H2,18,19)(H,20,21);1H. The number of anilines is 2. The van der Waals surface area contributed by atoms with E-state index in [2.05, 4.69) is 10.3 Å². The molecule has 118 valence electrons. The number of hydrogen-bond acceptors (Lipinski definition) is 3. The molecule has 22 heavy (non-hydrogen) atoms. The number of aromatic nitrogens is 1. The highest BCUT2D eigenvalue weighted by atomic mass is 35.5. The van der Waals surface area contributed by atoms with Crippen molar-refractivity contribution in [3.05, 3.63) is 54.2 Å². The Morgan fingerprint density at radius 1 is 1.14 bits per heavy atom. The SMILES string of the molecule is CCC(CC)(C(=O)Nc1ccc(N)nc1)c1ccccc1.Cl. The summed E-state index contributed by atoms with van der Waals surface area (Å²) < 4.78 is 0. The molecule has 1 amide bonds. The largest absolute Gasteiger partial charge is 0.384 e. The second kappa shape index (κ2) is 7.80. The fourth-order valence-electron chi connectivity index (χ4n) is 2.60. The Balaban J connectivity index is 0.00000242. The molecule has 4 nitrogen and oxygen atoms in total. The summed E-state index contributed by atoms with van der Waals surface area (Å²) in [6.45, 7) is 4.08. The molecule has 0 spiro atoms. The number of nitrogens with one attached hydrogen (secondary N) is 1. The van der Waals surface area contributed by atoms with Gasteiger partial charge in [-0.05, 0) is 30.5 Å². The van der Waals surface area contributed by atoms with Crippen molar-refractivity contribution in [3.63, 3.8) is 0 Å². The van der Waals surface area contributed by atoms with Crippen LogP contribution in [0.15, 0.2) is 48.7 Å². The minimum Gasteiger partial charge on any atom is -0.384 e. The molecule has 0 saturated heterocycles. The Labute approximate surface area is 137 Å². The van der Waals surface area contributed by atoms with Gasteiger partial charge in [-0.3, -0.25) is 4.79 Å². The van der Waals surface area contributed by atoms with Crippen molar-refractivity contribution in [2.75, 3.05) is 11.1 Å². The second-order valence-corrected chi connectivity index (χ2v) is 5.08. The molecule has 0 radical (unpaired) electrons. The van der Waals surface area contributed by atoms with Crippen LogP contribution in [-0.4, -0.2) is 10.9 Å². The summed E-state index contributed by atoms with van der Waals surface area (Å²) in [5.74, 6) is 0.429. The van der Waals surface area contributed by atoms with Crippen LogP contribution < -0.4 is 11.1 Å². The van der Waals surface area contributed by atoms with E-state index in [1.807, 2.05) is 44.2 Å². The van der Waals surface area contributed by atoms with Crippen LogP contribution in [0.4, 0.5) is 11.5 Å². The first kappa shape index (κ1) is 18.0. The Bertz CT molecular complexity index is 595. The van der Waals surface area contributed by atoms with E-state index in [1.165, 1.54) is 0 Å². The summed E-state index contributed by atoms with van der Waals surface area (Å²) in [5, 5.41) is 2.95. The van der Waals surface area contributed by atoms with Crippen molar-refractivity contribution in [1.29, 1.82) is 0 Å². The van der Waals surface area contributed by atoms with E-state index < -0.39 is 5.41 Å². The summed E-state index contributed by atoms with van der Waals surface area (Å²) in [6.07, 6.45) is 3.05. The average molecular weight is 320 g/mol. The Hall–Kier alpha value is -2.07. The van der Waals surface area contributed by atoms with Crippen molar-refractivity contribution in [2.24, 2.45) is 0 Å². The summed E-state index contributed by atoms with van der Waals surface area (Å²) >= 11 is 0. The molecule has 3 N–H and O–H groups in total. The third kappa shape index (κ3) is 3.57. The number of benzene rings is 1. The lowest BCUT2D eigenvalue weighted by Crippen LogP contribution is -2.39. The number of amides is 1. The van der Waals surface area contributed by atoms with Crippen molar-refractivity contribution in [2.45, 2.75) is 32.1 Å². The van der Waals surface area contributed by atoms with Crippen LogP contribution in [0.1, 0.15) is 32.3 Å². The predicted octanol–water partition coefficient (Wildman–Crippen LogP) is 3.78. The number of hydrogen-bond donors (Lipinski definition) is 2. The molecule has 5 heteroatoms. The number of nitrogens with two attached hydrogens (primary N) is 1. The third-order valence-electron chi connectivity index (χ3n) is 4.01. The zero-order valence-electron chi connectivity index (χ0n) is 12.9. The molecular weight excluding hydrogens is 298 g/mol. The van der Waals surface area contributed by atoms with Gasteiger partial charge in [-0.1, -0.05) is 44.2 Å². The number of rotatable bonds is 5. The topological polar surface area (TPSA) is 68.0 Å². The first-order valence-corrected chi connectivity index (χ1v) is 7.21. The van der Waals surface area contributed by atoms with Gasteiger partial charge in [0, 0.05) is 0 Å². The lowest BCUT2D eigenvalue weighted by molar-refractivity contribution is -0.121. The summed E-state index contributed by atoms with van der Waals surface area (Å²) in [7, 11) is 0. The fourth-order valence-corrected chi connectivity index (χ4v) is 2.60. The Morgan fingerprint density at radius 2 is 1.77 bits per heavy atom. The monoisotopic (exact) mass is 319 g/mol. The van der Waals surface area contributed by atoms with Crippen LogP contribution in [-0.2, 0) is 10.2 Å². The van der Waals surface area contributed by atoms with Gasteiger partial charge in [-0.25, -0.2) is 4.98 Å². The van der Waals surface area contributed by atoms with Crippen LogP contribution in [0.3, 0.4) is 0 Å². The van der Waals surface area contributed by atoms with Crippen molar-refractivity contribution in [3.8, 4) is 0 Å². The molecule has 0 saturated carbocycles. The van der Waals surface area contributed by atoms with Gasteiger partial charge >= 0.3 is 0 Å². The van der Waals surface area contributed by atoms with Crippen LogP contribution >= 0.6 is 12.4 Å². The fraction of sp³-hybridized carbons (Fsp3) is 0.294. The van der Waals surface area contributed by atoms with Gasteiger partial charge < -0.3 is 11.1 Å². The third-order valence-corrected chi connectivity index (χ3v) is 4.01. The predicted molar refractivity (Wildman–Crippen MR) is 93.2 cm³/mol. The number of nitrogens with zero attached hydrogens (tertiary/aromatic N) is 1. The molecule has 0 aliphatic rings. The minimum absolute atomic E-state index is 0. The number of halogens is 1. The lowest BCUT2D eigenvalue weighted by atomic mass is 9.75. The Morgan fingerprint density at radius 3 is 2.27 bits per heavy atom. The molecule has 2 aromatic rings. The van der Waals surface area contributed by atoms with Crippen molar-refractivity contribution >= 4 is 29.8 Å². The van der Waals surface area contributed by atoms with Crippen LogP contribution in [0.5, 0.6) is 0 Å². The van der Waals surface area contributed by atoms with Crippen LogP contribution in [0, 0.1) is 0 Å². The van der Waals surface area contributed by atoms with Crippen molar-refractivity contribution in [1.82, 2.24) is 4.98 Å². The number of carbonyl (C=O) groups excluding carboxylic acids is 1. The number of carbonyl (C=O) groups is 1. The summed E-state index contributed by atoms with van der Waals surface area (Å²) in [6, 6.07) is 13.4. The van der Waals surface area contributed by atoms with E-state index in [0.29, 0.717) is 11.5 Å². The molecule has 0 unspecified atom stereocenters.